The van der Waals surface area contributed by atoms with Gasteiger partial charge in [0.2, 0.25) is 12.3 Å². The summed E-state index contributed by atoms with van der Waals surface area (Å²) in [5.41, 5.74) is 2.50. The number of nitrogens with one attached hydrogen (secondary N) is 3. The van der Waals surface area contributed by atoms with Crippen LogP contribution in [0.4, 0.5) is 20.3 Å². The van der Waals surface area contributed by atoms with Gasteiger partial charge in [-0.2, -0.15) is 0 Å². The molecule has 0 unspecified atom stereocenters. The lowest BCUT2D eigenvalue weighted by Gasteiger charge is -2.49. The first-order chi connectivity index (χ1) is 21.3. The maximum absolute atomic E-state index is 15.1. The highest BCUT2D eigenvalue weighted by Gasteiger charge is 2.43. The highest BCUT2D eigenvalue weighted by molar-refractivity contribution is 5.95. The maximum atomic E-state index is 15.1. The molecule has 4 N–H and O–H groups in total. The summed E-state index contributed by atoms with van der Waals surface area (Å²) in [4.78, 5) is 36.0. The van der Waals surface area contributed by atoms with Gasteiger partial charge >= 0.3 is 0 Å². The minimum absolute atomic E-state index is 0.0182. The number of aromatic nitrogens is 4. The van der Waals surface area contributed by atoms with E-state index < -0.39 is 17.7 Å². The number of hydrogen-bond acceptors (Lipinski definition) is 7. The fourth-order valence-corrected chi connectivity index (χ4v) is 6.88. The maximum Gasteiger partial charge on any atom is 0.246 e. The summed E-state index contributed by atoms with van der Waals surface area (Å²) in [6, 6.07) is 7.92. The van der Waals surface area contributed by atoms with Crippen molar-refractivity contribution in [3.8, 4) is 11.4 Å². The van der Waals surface area contributed by atoms with Gasteiger partial charge in [0.25, 0.3) is 0 Å². The predicted molar refractivity (Wildman–Crippen MR) is 162 cm³/mol. The fourth-order valence-electron chi connectivity index (χ4n) is 6.88. The number of aliphatic hydroxyl groups excluding tert-OH is 1. The third-order valence-electron chi connectivity index (χ3n) is 9.11. The lowest BCUT2D eigenvalue weighted by atomic mass is 9.61. The number of fused-ring (bicyclic) bond motifs is 4. The molecule has 3 fully saturated rings. The monoisotopic (exact) mass is 603 g/mol. The zero-order valence-electron chi connectivity index (χ0n) is 24.3. The van der Waals surface area contributed by atoms with Crippen LogP contribution in [0.2, 0.25) is 0 Å². The van der Waals surface area contributed by atoms with Crippen LogP contribution in [0.1, 0.15) is 44.6 Å². The van der Waals surface area contributed by atoms with E-state index in [-0.39, 0.29) is 36.1 Å². The molecule has 0 spiro atoms. The predicted octanol–water partition coefficient (Wildman–Crippen LogP) is 4.49. The number of amides is 2. The molecule has 0 aliphatic heterocycles. The molecule has 3 heterocycles. The number of aliphatic hydroxyl groups is 1. The van der Waals surface area contributed by atoms with Gasteiger partial charge in [-0.25, -0.2) is 23.7 Å². The van der Waals surface area contributed by atoms with E-state index in [1.54, 1.807) is 25.3 Å². The first kappa shape index (κ1) is 29.6. The second-order valence-corrected chi connectivity index (χ2v) is 11.8. The molecule has 230 valence electrons. The molecule has 0 saturated heterocycles. The van der Waals surface area contributed by atoms with E-state index in [0.29, 0.717) is 53.5 Å². The summed E-state index contributed by atoms with van der Waals surface area (Å²) >= 11 is 0. The quantitative estimate of drug-likeness (QED) is 0.186. The Hall–Kier alpha value is -4.45. The third kappa shape index (κ3) is 5.99. The van der Waals surface area contributed by atoms with Gasteiger partial charge < -0.3 is 25.6 Å². The van der Waals surface area contributed by atoms with Crippen LogP contribution in [0.15, 0.2) is 48.9 Å². The molecule has 3 aliphatic carbocycles. The van der Waals surface area contributed by atoms with E-state index in [1.165, 1.54) is 6.07 Å². The Morgan fingerprint density at radius 1 is 1.11 bits per heavy atom. The highest BCUT2D eigenvalue weighted by atomic mass is 19.1. The van der Waals surface area contributed by atoms with Crippen LogP contribution in [-0.4, -0.2) is 55.6 Å². The van der Waals surface area contributed by atoms with Gasteiger partial charge in [0, 0.05) is 42.0 Å². The number of pyridine rings is 1. The molecule has 3 atom stereocenters. The number of hydrogen-bond donors (Lipinski definition) is 4. The molecule has 4 aromatic rings. The Kier molecular flexibility index (Phi) is 8.51. The molecule has 44 heavy (non-hydrogen) atoms. The highest BCUT2D eigenvalue weighted by Crippen LogP contribution is 2.47. The number of benzene rings is 1. The molecule has 3 aromatic heterocycles. The molecule has 2 amide bonds. The number of halogens is 2. The van der Waals surface area contributed by atoms with Gasteiger partial charge in [-0.15, -0.1) is 0 Å². The lowest BCUT2D eigenvalue weighted by Crippen LogP contribution is -2.48. The summed E-state index contributed by atoms with van der Waals surface area (Å²) in [7, 11) is 0. The topological polar surface area (TPSA) is 134 Å². The molecule has 7 rings (SSSR count). The second-order valence-electron chi connectivity index (χ2n) is 11.8. The van der Waals surface area contributed by atoms with Crippen molar-refractivity contribution in [2.75, 3.05) is 17.2 Å². The summed E-state index contributed by atoms with van der Waals surface area (Å²) in [6.07, 6.45) is 9.64. The van der Waals surface area contributed by atoms with E-state index in [0.717, 1.165) is 43.6 Å². The zero-order chi connectivity index (χ0) is 30.8. The first-order valence-corrected chi connectivity index (χ1v) is 15.0. The van der Waals surface area contributed by atoms with E-state index in [2.05, 4.69) is 30.9 Å². The number of nitrogens with zero attached hydrogens (tertiary/aromatic N) is 4. The zero-order valence-corrected chi connectivity index (χ0v) is 24.3. The van der Waals surface area contributed by atoms with Crippen LogP contribution < -0.4 is 16.0 Å². The van der Waals surface area contributed by atoms with Crippen molar-refractivity contribution >= 4 is 34.9 Å². The second kappa shape index (κ2) is 12.7. The van der Waals surface area contributed by atoms with Crippen LogP contribution >= 0.6 is 0 Å². The number of carbonyl (C=O) groups is 2. The minimum Gasteiger partial charge on any atom is -0.396 e. The SMILES string of the molecule is C[C@H](NC=O)C(=O)Nc1ccc(Cn2cc(-c3ncc(F)c(N[C@H]4C5CCC(CC5)[C@@H]4CCO)n3)c3cc(F)cnc32)cc1. The van der Waals surface area contributed by atoms with Crippen molar-refractivity contribution in [1.82, 2.24) is 24.8 Å². The third-order valence-corrected chi connectivity index (χ3v) is 9.11. The Morgan fingerprint density at radius 2 is 1.86 bits per heavy atom. The molecule has 3 aliphatic rings. The van der Waals surface area contributed by atoms with Crippen molar-refractivity contribution in [2.45, 2.75) is 57.7 Å². The van der Waals surface area contributed by atoms with Crippen molar-refractivity contribution in [3.05, 3.63) is 66.1 Å². The van der Waals surface area contributed by atoms with E-state index in [1.807, 2.05) is 16.7 Å². The summed E-state index contributed by atoms with van der Waals surface area (Å²) in [5, 5.41) is 18.7. The number of carbonyl (C=O) groups excluding carboxylic acids is 2. The molecular weight excluding hydrogens is 568 g/mol. The van der Waals surface area contributed by atoms with Gasteiger partial charge in [0.1, 0.15) is 17.5 Å². The van der Waals surface area contributed by atoms with Crippen LogP contribution in [0, 0.1) is 29.4 Å². The molecule has 0 radical (unpaired) electrons. The minimum atomic E-state index is -0.674. The normalized spacial score (nSPS) is 21.6. The van der Waals surface area contributed by atoms with Gasteiger partial charge in [-0.1, -0.05) is 12.1 Å². The molecule has 10 nitrogen and oxygen atoms in total. The molecule has 3 saturated carbocycles. The van der Waals surface area contributed by atoms with Crippen molar-refractivity contribution in [2.24, 2.45) is 17.8 Å². The molecular formula is C32H35F2N7O3. The smallest absolute Gasteiger partial charge is 0.246 e. The van der Waals surface area contributed by atoms with Gasteiger partial charge in [0.15, 0.2) is 17.5 Å². The van der Waals surface area contributed by atoms with Crippen molar-refractivity contribution in [3.63, 3.8) is 0 Å². The number of rotatable bonds is 11. The van der Waals surface area contributed by atoms with Crippen LogP contribution in [0.25, 0.3) is 22.4 Å². The van der Waals surface area contributed by atoms with Crippen LogP contribution in [0.5, 0.6) is 0 Å². The van der Waals surface area contributed by atoms with E-state index in [4.69, 9.17) is 0 Å². The molecule has 1 aromatic carbocycles. The summed E-state index contributed by atoms with van der Waals surface area (Å²) in [6.45, 7) is 2.06. The average molecular weight is 604 g/mol. The standard InChI is InChI=1S/C32H35F2N7O3/c1-18(37-17-43)32(44)38-23-8-2-19(3-9-23)15-41-16-26(25-12-22(33)13-36-31(25)41)29-35-14-27(34)30(40-29)39-28-21-6-4-20(5-7-21)24(28)10-11-42/h2-3,8-9,12-14,16-18,20-21,24,28,42H,4-7,10-11,15H2,1H3,(H,37,43)(H,38,44)(H,35,39,40)/t18-,20?,21?,24-,28-/m0/s1. The Bertz CT molecular complexity index is 1650. The lowest BCUT2D eigenvalue weighted by molar-refractivity contribution is -0.120. The van der Waals surface area contributed by atoms with Gasteiger partial charge in [-0.05, 0) is 80.5 Å². The van der Waals surface area contributed by atoms with E-state index in [9.17, 15) is 19.1 Å². The molecule has 12 heteroatoms. The van der Waals surface area contributed by atoms with Crippen LogP contribution in [0.3, 0.4) is 0 Å². The Labute approximate surface area is 253 Å². The number of anilines is 2. The van der Waals surface area contributed by atoms with Gasteiger partial charge in [-0.3, -0.25) is 9.59 Å². The first-order valence-electron chi connectivity index (χ1n) is 15.0. The largest absolute Gasteiger partial charge is 0.396 e. The summed E-state index contributed by atoms with van der Waals surface area (Å²) < 4.78 is 31.4. The Morgan fingerprint density at radius 3 is 2.59 bits per heavy atom. The fraction of sp³-hybridized carbons (Fsp3) is 0.406. The summed E-state index contributed by atoms with van der Waals surface area (Å²) in [5.74, 6) is 0.0961. The van der Waals surface area contributed by atoms with E-state index >= 15 is 4.39 Å². The molecule has 2 bridgehead atoms. The van der Waals surface area contributed by atoms with Crippen molar-refractivity contribution in [1.29, 1.82) is 0 Å². The van der Waals surface area contributed by atoms with Crippen LogP contribution in [-0.2, 0) is 16.1 Å². The van der Waals surface area contributed by atoms with Crippen molar-refractivity contribution < 1.29 is 23.5 Å². The average Bonchev–Trinajstić information content (AvgIpc) is 3.37. The van der Waals surface area contributed by atoms with Gasteiger partial charge in [0.05, 0.1) is 12.4 Å². The Balaban J connectivity index is 1.27.